The van der Waals surface area contributed by atoms with E-state index in [4.69, 9.17) is 14.2 Å². The van der Waals surface area contributed by atoms with Gasteiger partial charge in [0.05, 0.1) is 20.1 Å². The lowest BCUT2D eigenvalue weighted by Gasteiger charge is -2.25. The van der Waals surface area contributed by atoms with Crippen LogP contribution in [0.1, 0.15) is 5.56 Å². The van der Waals surface area contributed by atoms with E-state index in [1.807, 2.05) is 48.5 Å². The average Bonchev–Trinajstić information content (AvgIpc) is 2.78. The summed E-state index contributed by atoms with van der Waals surface area (Å²) in [6.07, 6.45) is 4.07. The van der Waals surface area contributed by atoms with Gasteiger partial charge in [0.25, 0.3) is 0 Å². The third kappa shape index (κ3) is 4.01. The van der Waals surface area contributed by atoms with Crippen LogP contribution in [0.25, 0.3) is 11.1 Å². The van der Waals surface area contributed by atoms with Crippen LogP contribution in [0.15, 0.2) is 60.9 Å². The molecule has 1 N–H and O–H groups in total. The lowest BCUT2D eigenvalue weighted by molar-refractivity contribution is -0.121. The summed E-state index contributed by atoms with van der Waals surface area (Å²) in [4.78, 5) is 16.9. The molecule has 2 heterocycles. The maximum absolute atomic E-state index is 12.8. The van der Waals surface area contributed by atoms with E-state index in [0.717, 1.165) is 28.2 Å². The van der Waals surface area contributed by atoms with E-state index in [1.165, 1.54) is 0 Å². The summed E-state index contributed by atoms with van der Waals surface area (Å²) in [7, 11) is 3.24. The van der Waals surface area contributed by atoms with Crippen molar-refractivity contribution in [1.29, 1.82) is 0 Å². The Morgan fingerprint density at radius 2 is 1.90 bits per heavy atom. The number of carbonyl (C=O) groups excluding carboxylic acids is 1. The molecule has 148 valence electrons. The first kappa shape index (κ1) is 18.8. The normalized spacial score (nSPS) is 15.0. The van der Waals surface area contributed by atoms with Gasteiger partial charge in [-0.25, -0.2) is 0 Å². The molecule has 2 aromatic carbocycles. The SMILES string of the molecule is COc1ccc2c(c1)CC(C(=O)Nc1ccc(-c3ccncc3)c(OC)c1)CO2. The number of hydrogen-bond donors (Lipinski definition) is 1. The Kier molecular flexibility index (Phi) is 5.33. The number of amides is 1. The molecular weight excluding hydrogens is 368 g/mol. The Morgan fingerprint density at radius 3 is 2.66 bits per heavy atom. The summed E-state index contributed by atoms with van der Waals surface area (Å²) in [6.45, 7) is 0.345. The van der Waals surface area contributed by atoms with Crippen LogP contribution in [-0.2, 0) is 11.2 Å². The lowest BCUT2D eigenvalue weighted by atomic mass is 9.95. The smallest absolute Gasteiger partial charge is 0.231 e. The van der Waals surface area contributed by atoms with Crippen molar-refractivity contribution in [3.8, 4) is 28.4 Å². The van der Waals surface area contributed by atoms with E-state index in [-0.39, 0.29) is 11.8 Å². The zero-order valence-corrected chi connectivity index (χ0v) is 16.3. The van der Waals surface area contributed by atoms with Gasteiger partial charge in [0.1, 0.15) is 23.9 Å². The number of nitrogens with one attached hydrogen (secondary N) is 1. The summed E-state index contributed by atoms with van der Waals surface area (Å²) in [5, 5.41) is 2.98. The van der Waals surface area contributed by atoms with Crippen molar-refractivity contribution < 1.29 is 19.0 Å². The minimum Gasteiger partial charge on any atom is -0.497 e. The molecule has 0 spiro atoms. The van der Waals surface area contributed by atoms with E-state index in [9.17, 15) is 4.79 Å². The van der Waals surface area contributed by atoms with Crippen LogP contribution in [0.3, 0.4) is 0 Å². The van der Waals surface area contributed by atoms with E-state index in [2.05, 4.69) is 10.3 Å². The Bertz CT molecular complexity index is 1020. The Labute approximate surface area is 169 Å². The number of hydrogen-bond acceptors (Lipinski definition) is 5. The highest BCUT2D eigenvalue weighted by Crippen LogP contribution is 2.33. The molecule has 0 aliphatic carbocycles. The molecule has 3 aromatic rings. The number of methoxy groups -OCH3 is 2. The fourth-order valence-electron chi connectivity index (χ4n) is 3.45. The van der Waals surface area contributed by atoms with Gasteiger partial charge in [-0.2, -0.15) is 0 Å². The minimum atomic E-state index is -0.277. The number of fused-ring (bicyclic) bond motifs is 1. The van der Waals surface area contributed by atoms with E-state index in [1.54, 1.807) is 26.6 Å². The molecule has 0 saturated heterocycles. The number of carbonyl (C=O) groups is 1. The molecule has 6 nitrogen and oxygen atoms in total. The second-order valence-electron chi connectivity index (χ2n) is 6.83. The zero-order valence-electron chi connectivity index (χ0n) is 16.3. The van der Waals surface area contributed by atoms with Crippen molar-refractivity contribution in [1.82, 2.24) is 4.98 Å². The number of ether oxygens (including phenoxy) is 3. The molecule has 1 atom stereocenters. The molecular formula is C23H22N2O4. The second kappa shape index (κ2) is 8.22. The Hall–Kier alpha value is -3.54. The molecule has 6 heteroatoms. The molecule has 0 radical (unpaired) electrons. The number of aromatic nitrogens is 1. The fraction of sp³-hybridized carbons (Fsp3) is 0.217. The van der Waals surface area contributed by atoms with Gasteiger partial charge in [0.2, 0.25) is 5.91 Å². The van der Waals surface area contributed by atoms with E-state index in [0.29, 0.717) is 24.5 Å². The highest BCUT2D eigenvalue weighted by atomic mass is 16.5. The second-order valence-corrected chi connectivity index (χ2v) is 6.83. The maximum atomic E-state index is 12.8. The summed E-state index contributed by atoms with van der Waals surface area (Å²) in [6, 6.07) is 15.1. The molecule has 1 amide bonds. The van der Waals surface area contributed by atoms with Crippen LogP contribution >= 0.6 is 0 Å². The first-order valence-electron chi connectivity index (χ1n) is 9.37. The van der Waals surface area contributed by atoms with Crippen LogP contribution in [0.2, 0.25) is 0 Å². The summed E-state index contributed by atoms with van der Waals surface area (Å²) in [5.41, 5.74) is 3.60. The van der Waals surface area contributed by atoms with Gasteiger partial charge in [-0.1, -0.05) is 0 Å². The van der Waals surface area contributed by atoms with E-state index >= 15 is 0 Å². The zero-order chi connectivity index (χ0) is 20.2. The quantitative estimate of drug-likeness (QED) is 0.714. The summed E-state index contributed by atoms with van der Waals surface area (Å²) < 4.78 is 16.6. The molecule has 1 aliphatic rings. The van der Waals surface area contributed by atoms with Gasteiger partial charge in [0.15, 0.2) is 0 Å². The van der Waals surface area contributed by atoms with Crippen LogP contribution in [0.5, 0.6) is 17.2 Å². The highest BCUT2D eigenvalue weighted by Gasteiger charge is 2.26. The number of benzene rings is 2. The highest BCUT2D eigenvalue weighted by molar-refractivity contribution is 5.93. The van der Waals surface area contributed by atoms with Gasteiger partial charge in [0, 0.05) is 29.7 Å². The van der Waals surface area contributed by atoms with Crippen LogP contribution in [0.4, 0.5) is 5.69 Å². The Morgan fingerprint density at radius 1 is 1.07 bits per heavy atom. The van der Waals surface area contributed by atoms with Gasteiger partial charge >= 0.3 is 0 Å². The van der Waals surface area contributed by atoms with Crippen molar-refractivity contribution in [2.24, 2.45) is 5.92 Å². The van der Waals surface area contributed by atoms with E-state index < -0.39 is 0 Å². The lowest BCUT2D eigenvalue weighted by Crippen LogP contribution is -2.32. The average molecular weight is 390 g/mol. The predicted octanol–water partition coefficient (Wildman–Crippen LogP) is 3.96. The van der Waals surface area contributed by atoms with Crippen molar-refractivity contribution in [3.05, 3.63) is 66.5 Å². The molecule has 0 saturated carbocycles. The first-order chi connectivity index (χ1) is 14.2. The maximum Gasteiger partial charge on any atom is 0.231 e. The summed E-state index contributed by atoms with van der Waals surface area (Å²) >= 11 is 0. The Balaban J connectivity index is 1.50. The molecule has 1 aliphatic heterocycles. The van der Waals surface area contributed by atoms with Gasteiger partial charge in [-0.3, -0.25) is 9.78 Å². The molecule has 29 heavy (non-hydrogen) atoms. The van der Waals surface area contributed by atoms with Crippen LogP contribution in [-0.4, -0.2) is 31.7 Å². The molecule has 0 bridgehead atoms. The van der Waals surface area contributed by atoms with Crippen LogP contribution < -0.4 is 19.5 Å². The van der Waals surface area contributed by atoms with Crippen molar-refractivity contribution in [3.63, 3.8) is 0 Å². The fourth-order valence-corrected chi connectivity index (χ4v) is 3.45. The number of anilines is 1. The summed E-state index contributed by atoms with van der Waals surface area (Å²) in [5.74, 6) is 1.88. The molecule has 1 aromatic heterocycles. The van der Waals surface area contributed by atoms with Gasteiger partial charge < -0.3 is 19.5 Å². The molecule has 4 rings (SSSR count). The van der Waals surface area contributed by atoms with Gasteiger partial charge in [-0.05, 0) is 60.0 Å². The van der Waals surface area contributed by atoms with Crippen molar-refractivity contribution in [2.75, 3.05) is 26.1 Å². The monoisotopic (exact) mass is 390 g/mol. The molecule has 0 fully saturated rings. The van der Waals surface area contributed by atoms with Crippen molar-refractivity contribution in [2.45, 2.75) is 6.42 Å². The third-order valence-corrected chi connectivity index (χ3v) is 5.01. The topological polar surface area (TPSA) is 69.7 Å². The first-order valence-corrected chi connectivity index (χ1v) is 9.37. The standard InChI is InChI=1S/C23H22N2O4/c1-27-19-4-6-21-16(12-19)11-17(14-29-21)23(26)25-18-3-5-20(22(13-18)28-2)15-7-9-24-10-8-15/h3-10,12-13,17H,11,14H2,1-2H3,(H,25,26). The number of rotatable bonds is 5. The van der Waals surface area contributed by atoms with Crippen LogP contribution in [0, 0.1) is 5.92 Å². The predicted molar refractivity (Wildman–Crippen MR) is 111 cm³/mol. The van der Waals surface area contributed by atoms with Crippen molar-refractivity contribution >= 4 is 11.6 Å². The number of pyridine rings is 1. The minimum absolute atomic E-state index is 0.0859. The third-order valence-electron chi connectivity index (χ3n) is 5.01. The largest absolute Gasteiger partial charge is 0.497 e. The molecule has 1 unspecified atom stereocenters. The number of nitrogens with zero attached hydrogens (tertiary/aromatic N) is 1. The van der Waals surface area contributed by atoms with Gasteiger partial charge in [-0.15, -0.1) is 0 Å².